The third kappa shape index (κ3) is 6.38. The number of likely N-dealkylation sites (tertiary alicyclic amines) is 1. The number of hydrogen-bond acceptors (Lipinski definition) is 5. The lowest BCUT2D eigenvalue weighted by Gasteiger charge is -2.27. The van der Waals surface area contributed by atoms with Crippen molar-refractivity contribution in [3.63, 3.8) is 0 Å². The van der Waals surface area contributed by atoms with E-state index in [1.54, 1.807) is 6.92 Å². The topological polar surface area (TPSA) is 84.9 Å². The highest BCUT2D eigenvalue weighted by molar-refractivity contribution is 5.86. The van der Waals surface area contributed by atoms with Crippen LogP contribution in [0.3, 0.4) is 0 Å². The van der Waals surface area contributed by atoms with Gasteiger partial charge in [0.25, 0.3) is 0 Å². The van der Waals surface area contributed by atoms with Crippen molar-refractivity contribution >= 4 is 17.8 Å². The smallest absolute Gasteiger partial charge is 0.331 e. The molecule has 3 atom stereocenters. The van der Waals surface area contributed by atoms with Gasteiger partial charge in [0.2, 0.25) is 11.8 Å². The highest BCUT2D eigenvalue weighted by Crippen LogP contribution is 2.25. The number of methoxy groups -OCH3 is 1. The minimum Gasteiger partial charge on any atom is -0.459 e. The van der Waals surface area contributed by atoms with Gasteiger partial charge in [-0.05, 0) is 25.0 Å². The third-order valence-corrected chi connectivity index (χ3v) is 5.88. The molecule has 2 aromatic carbocycles. The van der Waals surface area contributed by atoms with E-state index < -0.39 is 41.7 Å². The van der Waals surface area contributed by atoms with Crippen molar-refractivity contribution in [3.8, 4) is 0 Å². The van der Waals surface area contributed by atoms with E-state index in [1.807, 2.05) is 30.3 Å². The summed E-state index contributed by atoms with van der Waals surface area (Å²) in [5, 5.41) is 2.64. The van der Waals surface area contributed by atoms with Gasteiger partial charge in [0.1, 0.15) is 6.61 Å². The van der Waals surface area contributed by atoms with Crippen molar-refractivity contribution in [2.24, 2.45) is 0 Å². The Morgan fingerprint density at radius 2 is 1.88 bits per heavy atom. The second-order valence-electron chi connectivity index (χ2n) is 8.21. The number of rotatable bonds is 10. The standard InChI is InChI=1S/C25H28F2N2O5/c1-16(33-2)24(25(32)34-15-17-7-4-3-5-8-17)28-21(30)13-19-11-12-22(31)29(19)14-18-9-6-10-20(26)23(18)27/h3-10,16,19,24H,11-15H2,1-2H3,(H,28,30)/t16-,19+,24+/m1/s1. The number of ether oxygens (including phenoxy) is 2. The van der Waals surface area contributed by atoms with Crippen molar-refractivity contribution < 1.29 is 32.6 Å². The summed E-state index contributed by atoms with van der Waals surface area (Å²) in [4.78, 5) is 39.2. The molecule has 0 bridgehead atoms. The number of carbonyl (C=O) groups is 3. The molecule has 182 valence electrons. The molecule has 0 spiro atoms. The molecule has 0 aromatic heterocycles. The first kappa shape index (κ1) is 25.3. The molecule has 1 fully saturated rings. The highest BCUT2D eigenvalue weighted by Gasteiger charge is 2.35. The van der Waals surface area contributed by atoms with Crippen molar-refractivity contribution in [3.05, 3.63) is 71.3 Å². The fourth-order valence-electron chi connectivity index (χ4n) is 3.85. The second kappa shape index (κ2) is 11.7. The van der Waals surface area contributed by atoms with E-state index in [0.29, 0.717) is 6.42 Å². The maximum absolute atomic E-state index is 14.1. The summed E-state index contributed by atoms with van der Waals surface area (Å²) in [6.07, 6.45) is -0.158. The molecule has 1 heterocycles. The van der Waals surface area contributed by atoms with E-state index >= 15 is 0 Å². The number of benzene rings is 2. The van der Waals surface area contributed by atoms with Gasteiger partial charge in [0, 0.05) is 38.1 Å². The minimum atomic E-state index is -1.05. The molecule has 1 aliphatic rings. The van der Waals surface area contributed by atoms with E-state index in [0.717, 1.165) is 11.6 Å². The summed E-state index contributed by atoms with van der Waals surface area (Å²) in [6, 6.07) is 11.3. The summed E-state index contributed by atoms with van der Waals surface area (Å²) in [5.41, 5.74) is 0.840. The van der Waals surface area contributed by atoms with Gasteiger partial charge in [-0.3, -0.25) is 9.59 Å². The molecule has 3 rings (SSSR count). The first-order chi connectivity index (χ1) is 16.3. The fraction of sp³-hybridized carbons (Fsp3) is 0.400. The lowest BCUT2D eigenvalue weighted by atomic mass is 10.1. The lowest BCUT2D eigenvalue weighted by Crippen LogP contribution is -2.50. The number of nitrogens with one attached hydrogen (secondary N) is 1. The number of hydrogen-bond donors (Lipinski definition) is 1. The highest BCUT2D eigenvalue weighted by atomic mass is 19.2. The minimum absolute atomic E-state index is 0.0380. The summed E-state index contributed by atoms with van der Waals surface area (Å²) >= 11 is 0. The van der Waals surface area contributed by atoms with E-state index in [-0.39, 0.29) is 37.5 Å². The van der Waals surface area contributed by atoms with Crippen molar-refractivity contribution in [1.29, 1.82) is 0 Å². The zero-order chi connectivity index (χ0) is 24.7. The number of carbonyl (C=O) groups excluding carboxylic acids is 3. The maximum Gasteiger partial charge on any atom is 0.331 e. The average molecular weight is 475 g/mol. The van der Waals surface area contributed by atoms with Crippen LogP contribution in [0.4, 0.5) is 8.78 Å². The van der Waals surface area contributed by atoms with Crippen LogP contribution in [0.2, 0.25) is 0 Å². The molecule has 2 aromatic rings. The van der Waals surface area contributed by atoms with Crippen LogP contribution in [0.5, 0.6) is 0 Å². The Hall–Kier alpha value is -3.33. The van der Waals surface area contributed by atoms with Gasteiger partial charge in [0.15, 0.2) is 17.7 Å². The molecule has 0 radical (unpaired) electrons. The van der Waals surface area contributed by atoms with Crippen LogP contribution in [-0.2, 0) is 37.0 Å². The molecule has 0 aliphatic carbocycles. The Morgan fingerprint density at radius 3 is 2.59 bits per heavy atom. The Balaban J connectivity index is 1.62. The number of nitrogens with zero attached hydrogens (tertiary/aromatic N) is 1. The van der Waals surface area contributed by atoms with Gasteiger partial charge in [0.05, 0.1) is 6.10 Å². The zero-order valence-corrected chi connectivity index (χ0v) is 19.1. The summed E-state index contributed by atoms with van der Waals surface area (Å²) in [6.45, 7) is 1.54. The van der Waals surface area contributed by atoms with Crippen LogP contribution < -0.4 is 5.32 Å². The number of amides is 2. The van der Waals surface area contributed by atoms with E-state index in [4.69, 9.17) is 9.47 Å². The first-order valence-electron chi connectivity index (χ1n) is 11.0. The van der Waals surface area contributed by atoms with Gasteiger partial charge in [-0.15, -0.1) is 0 Å². The van der Waals surface area contributed by atoms with E-state index in [1.165, 1.54) is 24.1 Å². The number of halogens is 2. The van der Waals surface area contributed by atoms with Crippen molar-refractivity contribution in [2.75, 3.05) is 7.11 Å². The average Bonchev–Trinajstić information content (AvgIpc) is 3.17. The Morgan fingerprint density at radius 1 is 1.15 bits per heavy atom. The van der Waals surface area contributed by atoms with Crippen molar-refractivity contribution in [2.45, 2.75) is 57.5 Å². The molecule has 0 unspecified atom stereocenters. The molecule has 1 aliphatic heterocycles. The van der Waals surface area contributed by atoms with E-state index in [9.17, 15) is 23.2 Å². The van der Waals surface area contributed by atoms with Gasteiger partial charge in [-0.25, -0.2) is 13.6 Å². The summed E-state index contributed by atoms with van der Waals surface area (Å²) < 4.78 is 38.2. The SMILES string of the molecule is CO[C@H](C)[C@H](NC(=O)C[C@@H]1CCC(=O)N1Cc1cccc(F)c1F)C(=O)OCc1ccccc1. The van der Waals surface area contributed by atoms with Crippen LogP contribution in [-0.4, -0.2) is 48.0 Å². The normalized spacial score (nSPS) is 17.4. The zero-order valence-electron chi connectivity index (χ0n) is 19.1. The van der Waals surface area contributed by atoms with Crippen LogP contribution in [0.15, 0.2) is 48.5 Å². The predicted molar refractivity (Wildman–Crippen MR) is 119 cm³/mol. The predicted octanol–water partition coefficient (Wildman–Crippen LogP) is 3.11. The molecule has 7 nitrogen and oxygen atoms in total. The fourth-order valence-corrected chi connectivity index (χ4v) is 3.85. The summed E-state index contributed by atoms with van der Waals surface area (Å²) in [7, 11) is 1.42. The lowest BCUT2D eigenvalue weighted by molar-refractivity contribution is -0.153. The maximum atomic E-state index is 14.1. The van der Waals surface area contributed by atoms with Crippen molar-refractivity contribution in [1.82, 2.24) is 10.2 Å². The van der Waals surface area contributed by atoms with Crippen LogP contribution in [0, 0.1) is 11.6 Å². The largest absolute Gasteiger partial charge is 0.459 e. The van der Waals surface area contributed by atoms with Gasteiger partial charge < -0.3 is 19.7 Å². The van der Waals surface area contributed by atoms with Gasteiger partial charge in [-0.1, -0.05) is 42.5 Å². The second-order valence-corrected chi connectivity index (χ2v) is 8.21. The number of esters is 1. The van der Waals surface area contributed by atoms with Crippen LogP contribution >= 0.6 is 0 Å². The third-order valence-electron chi connectivity index (χ3n) is 5.88. The first-order valence-corrected chi connectivity index (χ1v) is 11.0. The molecule has 2 amide bonds. The Kier molecular flexibility index (Phi) is 8.70. The van der Waals surface area contributed by atoms with Crippen LogP contribution in [0.25, 0.3) is 0 Å². The molecular formula is C25H28F2N2O5. The monoisotopic (exact) mass is 474 g/mol. The molecule has 1 N–H and O–H groups in total. The molecule has 0 saturated carbocycles. The molecular weight excluding hydrogens is 446 g/mol. The Labute approximate surface area is 197 Å². The van der Waals surface area contributed by atoms with E-state index in [2.05, 4.69) is 5.32 Å². The molecule has 34 heavy (non-hydrogen) atoms. The summed E-state index contributed by atoms with van der Waals surface area (Å²) in [5.74, 6) is -3.38. The van der Waals surface area contributed by atoms with Crippen LogP contribution in [0.1, 0.15) is 37.3 Å². The Bertz CT molecular complexity index is 1020. The quantitative estimate of drug-likeness (QED) is 0.535. The van der Waals surface area contributed by atoms with Gasteiger partial charge >= 0.3 is 5.97 Å². The molecule has 9 heteroatoms. The molecule has 1 saturated heterocycles. The van der Waals surface area contributed by atoms with Gasteiger partial charge in [-0.2, -0.15) is 0 Å².